The first-order valence-corrected chi connectivity index (χ1v) is 7.43. The van der Waals surface area contributed by atoms with E-state index in [9.17, 15) is 9.18 Å². The van der Waals surface area contributed by atoms with Crippen LogP contribution in [0.3, 0.4) is 0 Å². The lowest BCUT2D eigenvalue weighted by atomic mass is 10.0. The Labute approximate surface area is 121 Å². The Kier molecular flexibility index (Phi) is 4.93. The second kappa shape index (κ2) is 6.48. The highest BCUT2D eigenvalue weighted by atomic mass is 79.9. The average Bonchev–Trinajstić information content (AvgIpc) is 2.39. The number of nitrogens with zero attached hydrogens (tertiary/aromatic N) is 1. The summed E-state index contributed by atoms with van der Waals surface area (Å²) < 4.78 is 14.6. The molecule has 2 rings (SSSR count). The van der Waals surface area contributed by atoms with Gasteiger partial charge in [-0.1, -0.05) is 13.0 Å². The Balaban J connectivity index is 2.22. The third-order valence-corrected chi connectivity index (χ3v) is 3.93. The number of benzene rings is 1. The van der Waals surface area contributed by atoms with Crippen molar-refractivity contribution in [2.24, 2.45) is 0 Å². The van der Waals surface area contributed by atoms with Crippen LogP contribution in [0.15, 0.2) is 22.7 Å². The monoisotopic (exact) mass is 328 g/mol. The second-order valence-electron chi connectivity index (χ2n) is 4.71. The summed E-state index contributed by atoms with van der Waals surface area (Å²) in [6.45, 7) is 3.44. The van der Waals surface area contributed by atoms with Gasteiger partial charge in [-0.3, -0.25) is 4.79 Å². The number of carbonyl (C=O) groups excluding carboxylic acids is 1. The number of anilines is 1. The summed E-state index contributed by atoms with van der Waals surface area (Å²) in [5.41, 5.74) is 0.357. The number of hydrogen-bond donors (Lipinski definition) is 1. The SMILES string of the molecule is CCCNC1CCCN(c2c(F)cccc2Br)C1=O. The zero-order valence-electron chi connectivity index (χ0n) is 11.0. The van der Waals surface area contributed by atoms with Crippen molar-refractivity contribution >= 4 is 27.5 Å². The van der Waals surface area contributed by atoms with Gasteiger partial charge in [0.05, 0.1) is 11.7 Å². The van der Waals surface area contributed by atoms with Crippen LogP contribution in [0, 0.1) is 5.82 Å². The van der Waals surface area contributed by atoms with Crippen molar-refractivity contribution in [1.29, 1.82) is 0 Å². The van der Waals surface area contributed by atoms with Gasteiger partial charge in [-0.25, -0.2) is 4.39 Å². The maximum Gasteiger partial charge on any atom is 0.244 e. The third kappa shape index (κ3) is 3.15. The van der Waals surface area contributed by atoms with Crippen molar-refractivity contribution < 1.29 is 9.18 Å². The zero-order valence-corrected chi connectivity index (χ0v) is 12.5. The van der Waals surface area contributed by atoms with E-state index in [0.29, 0.717) is 16.7 Å². The molecule has 19 heavy (non-hydrogen) atoms. The molecule has 1 atom stereocenters. The van der Waals surface area contributed by atoms with Gasteiger partial charge in [0.25, 0.3) is 0 Å². The van der Waals surface area contributed by atoms with Gasteiger partial charge in [-0.15, -0.1) is 0 Å². The maximum absolute atomic E-state index is 13.9. The minimum Gasteiger partial charge on any atom is -0.307 e. The van der Waals surface area contributed by atoms with Crippen molar-refractivity contribution in [2.75, 3.05) is 18.0 Å². The summed E-state index contributed by atoms with van der Waals surface area (Å²) in [7, 11) is 0. The van der Waals surface area contributed by atoms with E-state index < -0.39 is 0 Å². The first kappa shape index (κ1) is 14.5. The number of piperidine rings is 1. The Morgan fingerprint density at radius 3 is 3.00 bits per heavy atom. The minimum absolute atomic E-state index is 0.0366. The van der Waals surface area contributed by atoms with Gasteiger partial charge in [-0.05, 0) is 53.9 Å². The highest BCUT2D eigenvalue weighted by Gasteiger charge is 2.31. The fourth-order valence-corrected chi connectivity index (χ4v) is 2.91. The molecule has 3 nitrogen and oxygen atoms in total. The molecule has 1 fully saturated rings. The molecule has 1 aliphatic rings. The largest absolute Gasteiger partial charge is 0.307 e. The molecule has 1 N–H and O–H groups in total. The van der Waals surface area contributed by atoms with Crippen molar-refractivity contribution in [3.63, 3.8) is 0 Å². The first-order chi connectivity index (χ1) is 9.15. The molecule has 0 aromatic heterocycles. The molecule has 1 aromatic rings. The van der Waals surface area contributed by atoms with Crippen LogP contribution in [-0.2, 0) is 4.79 Å². The van der Waals surface area contributed by atoms with Crippen LogP contribution in [0.5, 0.6) is 0 Å². The summed E-state index contributed by atoms with van der Waals surface area (Å²) in [5, 5.41) is 3.23. The van der Waals surface area contributed by atoms with Gasteiger partial charge in [0, 0.05) is 11.0 Å². The number of carbonyl (C=O) groups is 1. The predicted molar refractivity (Wildman–Crippen MR) is 77.8 cm³/mol. The van der Waals surface area contributed by atoms with Crippen LogP contribution in [0.1, 0.15) is 26.2 Å². The molecule has 1 aliphatic heterocycles. The van der Waals surface area contributed by atoms with Gasteiger partial charge in [-0.2, -0.15) is 0 Å². The molecule has 0 saturated carbocycles. The lowest BCUT2D eigenvalue weighted by molar-refractivity contribution is -0.121. The Hall–Kier alpha value is -0.940. The second-order valence-corrected chi connectivity index (χ2v) is 5.56. The van der Waals surface area contributed by atoms with Crippen molar-refractivity contribution in [3.8, 4) is 0 Å². The molecule has 1 saturated heterocycles. The number of amides is 1. The molecule has 1 heterocycles. The molecule has 0 radical (unpaired) electrons. The van der Waals surface area contributed by atoms with Crippen molar-refractivity contribution in [3.05, 3.63) is 28.5 Å². The molecule has 1 amide bonds. The van der Waals surface area contributed by atoms with E-state index in [4.69, 9.17) is 0 Å². The summed E-state index contributed by atoms with van der Waals surface area (Å²) in [6.07, 6.45) is 2.68. The normalized spacial score (nSPS) is 19.8. The van der Waals surface area contributed by atoms with E-state index >= 15 is 0 Å². The summed E-state index contributed by atoms with van der Waals surface area (Å²) in [5.74, 6) is -0.399. The maximum atomic E-state index is 13.9. The van der Waals surface area contributed by atoms with Gasteiger partial charge in [0.1, 0.15) is 5.82 Å². The minimum atomic E-state index is -0.362. The molecular formula is C14H18BrFN2O. The molecule has 0 bridgehead atoms. The van der Waals surface area contributed by atoms with Crippen LogP contribution in [0.4, 0.5) is 10.1 Å². The average molecular weight is 329 g/mol. The zero-order chi connectivity index (χ0) is 13.8. The number of hydrogen-bond acceptors (Lipinski definition) is 2. The van der Waals surface area contributed by atoms with Gasteiger partial charge in [0.15, 0.2) is 0 Å². The van der Waals surface area contributed by atoms with Crippen LogP contribution >= 0.6 is 15.9 Å². The number of halogens is 2. The molecule has 104 valence electrons. The first-order valence-electron chi connectivity index (χ1n) is 6.64. The van der Waals surface area contributed by atoms with E-state index in [1.807, 2.05) is 0 Å². The van der Waals surface area contributed by atoms with E-state index in [0.717, 1.165) is 25.8 Å². The van der Waals surface area contributed by atoms with E-state index in [-0.39, 0.29) is 17.8 Å². The number of rotatable bonds is 4. The number of nitrogens with one attached hydrogen (secondary N) is 1. The van der Waals surface area contributed by atoms with Crippen LogP contribution < -0.4 is 10.2 Å². The summed E-state index contributed by atoms with van der Waals surface area (Å²) >= 11 is 3.33. The van der Waals surface area contributed by atoms with Crippen molar-refractivity contribution in [2.45, 2.75) is 32.2 Å². The topological polar surface area (TPSA) is 32.3 Å². The lowest BCUT2D eigenvalue weighted by Gasteiger charge is -2.33. The Morgan fingerprint density at radius 1 is 1.53 bits per heavy atom. The van der Waals surface area contributed by atoms with E-state index in [1.54, 1.807) is 17.0 Å². The molecule has 0 aliphatic carbocycles. The van der Waals surface area contributed by atoms with E-state index in [1.165, 1.54) is 6.07 Å². The highest BCUT2D eigenvalue weighted by Crippen LogP contribution is 2.31. The predicted octanol–water partition coefficient (Wildman–Crippen LogP) is 3.08. The molecule has 0 spiro atoms. The van der Waals surface area contributed by atoms with Gasteiger partial charge in [0.2, 0.25) is 5.91 Å². The van der Waals surface area contributed by atoms with Gasteiger partial charge < -0.3 is 10.2 Å². The molecule has 1 aromatic carbocycles. The smallest absolute Gasteiger partial charge is 0.244 e. The Morgan fingerprint density at radius 2 is 2.32 bits per heavy atom. The van der Waals surface area contributed by atoms with Crippen molar-refractivity contribution in [1.82, 2.24) is 5.32 Å². The summed E-state index contributed by atoms with van der Waals surface area (Å²) in [4.78, 5) is 14.0. The fraction of sp³-hybridized carbons (Fsp3) is 0.500. The lowest BCUT2D eigenvalue weighted by Crippen LogP contribution is -2.51. The van der Waals surface area contributed by atoms with Crippen LogP contribution in [-0.4, -0.2) is 25.0 Å². The molecular weight excluding hydrogens is 311 g/mol. The quantitative estimate of drug-likeness (QED) is 0.921. The van der Waals surface area contributed by atoms with Gasteiger partial charge >= 0.3 is 0 Å². The van der Waals surface area contributed by atoms with Crippen LogP contribution in [0.25, 0.3) is 0 Å². The number of para-hydroxylation sites is 1. The van der Waals surface area contributed by atoms with E-state index in [2.05, 4.69) is 28.2 Å². The fourth-order valence-electron chi connectivity index (χ4n) is 2.35. The molecule has 5 heteroatoms. The summed E-state index contributed by atoms with van der Waals surface area (Å²) in [6, 6.07) is 4.58. The standard InChI is InChI=1S/C14H18BrFN2O/c1-2-8-17-12-7-4-9-18(14(12)19)13-10(15)5-3-6-11(13)16/h3,5-6,12,17H,2,4,7-9H2,1H3. The third-order valence-electron chi connectivity index (χ3n) is 3.29. The molecule has 1 unspecified atom stereocenters. The Bertz CT molecular complexity index is 447. The van der Waals surface area contributed by atoms with Crippen LogP contribution in [0.2, 0.25) is 0 Å². The highest BCUT2D eigenvalue weighted by molar-refractivity contribution is 9.10.